The molecule has 24 heavy (non-hydrogen) atoms. The van der Waals surface area contributed by atoms with Gasteiger partial charge in [-0.05, 0) is 55.0 Å². The van der Waals surface area contributed by atoms with Gasteiger partial charge in [-0.15, -0.1) is 0 Å². The molecular weight excluding hydrogens is 298 g/mol. The largest absolute Gasteiger partial charge is 0.326 e. The van der Waals surface area contributed by atoms with Crippen molar-refractivity contribution in [1.82, 2.24) is 4.90 Å². The van der Waals surface area contributed by atoms with E-state index in [1.54, 1.807) is 4.90 Å². The van der Waals surface area contributed by atoms with E-state index in [0.717, 1.165) is 18.5 Å². The molecule has 2 aromatic rings. The van der Waals surface area contributed by atoms with Crippen molar-refractivity contribution in [2.45, 2.75) is 25.7 Å². The molecule has 0 aromatic heterocycles. The molecule has 0 saturated heterocycles. The van der Waals surface area contributed by atoms with Crippen LogP contribution in [0.2, 0.25) is 0 Å². The summed E-state index contributed by atoms with van der Waals surface area (Å²) in [6, 6.07) is 15.8. The van der Waals surface area contributed by atoms with Gasteiger partial charge in [-0.25, -0.2) is 0 Å². The zero-order valence-electron chi connectivity index (χ0n) is 13.7. The van der Waals surface area contributed by atoms with Crippen molar-refractivity contribution >= 4 is 17.6 Å². The van der Waals surface area contributed by atoms with Crippen LogP contribution in [0.15, 0.2) is 53.5 Å². The Morgan fingerprint density at radius 1 is 1.00 bits per heavy atom. The standard InChI is InChI=1S/C20H21N3O/c24-19(16-8-2-1-3-9-16)23-14-13-21-20(23)22-18-12-6-10-15-7-4-5-11-17(15)18/h1-3,6,8-10,12H,4-5,7,11,13-14H2,(H,21,22). The number of hydrogen-bond acceptors (Lipinski definition) is 3. The second-order valence-electron chi connectivity index (χ2n) is 6.30. The molecule has 122 valence electrons. The maximum absolute atomic E-state index is 12.7. The predicted molar refractivity (Wildman–Crippen MR) is 96.5 cm³/mol. The molecule has 1 aliphatic heterocycles. The Labute approximate surface area is 142 Å². The quantitative estimate of drug-likeness (QED) is 0.921. The van der Waals surface area contributed by atoms with Gasteiger partial charge in [0.1, 0.15) is 0 Å². The van der Waals surface area contributed by atoms with E-state index >= 15 is 0 Å². The Bertz CT molecular complexity index is 783. The van der Waals surface area contributed by atoms with Gasteiger partial charge >= 0.3 is 0 Å². The molecule has 0 saturated carbocycles. The molecule has 0 atom stereocenters. The molecule has 0 unspecified atom stereocenters. The fourth-order valence-electron chi connectivity index (χ4n) is 3.51. The number of nitrogens with zero attached hydrogens (tertiary/aromatic N) is 2. The van der Waals surface area contributed by atoms with Crippen LogP contribution < -0.4 is 5.32 Å². The number of anilines is 1. The van der Waals surface area contributed by atoms with Crippen LogP contribution in [0.25, 0.3) is 0 Å². The first kappa shape index (κ1) is 14.9. The number of aryl methyl sites for hydroxylation is 1. The summed E-state index contributed by atoms with van der Waals surface area (Å²) in [7, 11) is 0. The highest BCUT2D eigenvalue weighted by molar-refractivity contribution is 6.10. The fraction of sp³-hybridized carbons (Fsp3) is 0.300. The van der Waals surface area contributed by atoms with Gasteiger partial charge in [0.05, 0.1) is 6.54 Å². The van der Waals surface area contributed by atoms with E-state index in [-0.39, 0.29) is 5.91 Å². The molecule has 2 aromatic carbocycles. The normalized spacial score (nSPS) is 16.5. The Balaban J connectivity index is 1.57. The lowest BCUT2D eigenvalue weighted by atomic mass is 9.90. The number of amides is 1. The predicted octanol–water partition coefficient (Wildman–Crippen LogP) is 3.49. The molecule has 4 nitrogen and oxygen atoms in total. The maximum atomic E-state index is 12.7. The van der Waals surface area contributed by atoms with Crippen LogP contribution in [-0.4, -0.2) is 29.9 Å². The summed E-state index contributed by atoms with van der Waals surface area (Å²) in [6.45, 7) is 1.28. The van der Waals surface area contributed by atoms with Gasteiger partial charge in [0, 0.05) is 17.8 Å². The summed E-state index contributed by atoms with van der Waals surface area (Å²) in [4.78, 5) is 19.0. The number of nitrogens with one attached hydrogen (secondary N) is 1. The van der Waals surface area contributed by atoms with Gasteiger partial charge in [0.25, 0.3) is 5.91 Å². The van der Waals surface area contributed by atoms with Gasteiger partial charge in [0.15, 0.2) is 0 Å². The molecule has 1 aliphatic carbocycles. The van der Waals surface area contributed by atoms with Crippen LogP contribution >= 0.6 is 0 Å². The van der Waals surface area contributed by atoms with Gasteiger partial charge in [-0.3, -0.25) is 14.7 Å². The number of fused-ring (bicyclic) bond motifs is 1. The molecule has 4 heteroatoms. The number of benzene rings is 2. The molecule has 0 radical (unpaired) electrons. The van der Waals surface area contributed by atoms with Crippen LogP contribution in [-0.2, 0) is 12.8 Å². The summed E-state index contributed by atoms with van der Waals surface area (Å²) >= 11 is 0. The molecule has 1 heterocycles. The van der Waals surface area contributed by atoms with Crippen molar-refractivity contribution in [1.29, 1.82) is 0 Å². The third-order valence-electron chi connectivity index (χ3n) is 4.75. The third-order valence-corrected chi connectivity index (χ3v) is 4.75. The van der Waals surface area contributed by atoms with Crippen molar-refractivity contribution in [3.8, 4) is 0 Å². The number of rotatable bonds is 2. The van der Waals surface area contributed by atoms with E-state index < -0.39 is 0 Å². The zero-order valence-corrected chi connectivity index (χ0v) is 13.7. The minimum Gasteiger partial charge on any atom is -0.326 e. The Morgan fingerprint density at radius 2 is 1.83 bits per heavy atom. The average molecular weight is 319 g/mol. The highest BCUT2D eigenvalue weighted by Gasteiger charge is 2.25. The third kappa shape index (κ3) is 2.80. The number of guanidine groups is 1. The number of aliphatic imine (C=N–C) groups is 1. The SMILES string of the molecule is O=C(c1ccccc1)N1CCN=C1Nc1cccc2c1CCCC2. The summed E-state index contributed by atoms with van der Waals surface area (Å²) in [5, 5.41) is 3.42. The van der Waals surface area contributed by atoms with Crippen LogP contribution in [0.1, 0.15) is 34.3 Å². The van der Waals surface area contributed by atoms with Crippen LogP contribution in [0, 0.1) is 0 Å². The van der Waals surface area contributed by atoms with Gasteiger partial charge in [-0.2, -0.15) is 0 Å². The molecule has 0 spiro atoms. The lowest BCUT2D eigenvalue weighted by molar-refractivity contribution is 0.0858. The minimum absolute atomic E-state index is 0.00384. The number of carbonyl (C=O) groups is 1. The van der Waals surface area contributed by atoms with Crippen molar-refractivity contribution in [3.63, 3.8) is 0 Å². The minimum atomic E-state index is 0.00384. The van der Waals surface area contributed by atoms with Crippen molar-refractivity contribution < 1.29 is 4.79 Å². The zero-order chi connectivity index (χ0) is 16.4. The van der Waals surface area contributed by atoms with Crippen LogP contribution in [0.4, 0.5) is 5.69 Å². The Kier molecular flexibility index (Phi) is 4.03. The Morgan fingerprint density at radius 3 is 2.71 bits per heavy atom. The first-order chi connectivity index (χ1) is 11.8. The lowest BCUT2D eigenvalue weighted by Crippen LogP contribution is -2.38. The fourth-order valence-corrected chi connectivity index (χ4v) is 3.51. The Hall–Kier alpha value is -2.62. The first-order valence-corrected chi connectivity index (χ1v) is 8.62. The lowest BCUT2D eigenvalue weighted by Gasteiger charge is -2.23. The summed E-state index contributed by atoms with van der Waals surface area (Å²) in [6.07, 6.45) is 4.73. The molecule has 2 aliphatic rings. The summed E-state index contributed by atoms with van der Waals surface area (Å²) in [5.74, 6) is 0.673. The van der Waals surface area contributed by atoms with E-state index in [1.165, 1.54) is 24.0 Å². The van der Waals surface area contributed by atoms with Crippen LogP contribution in [0.3, 0.4) is 0 Å². The first-order valence-electron chi connectivity index (χ1n) is 8.62. The molecule has 1 N–H and O–H groups in total. The second kappa shape index (κ2) is 6.48. The van der Waals surface area contributed by atoms with Crippen molar-refractivity contribution in [2.24, 2.45) is 4.99 Å². The molecule has 0 bridgehead atoms. The molecule has 1 amide bonds. The number of hydrogen-bond donors (Lipinski definition) is 1. The van der Waals surface area contributed by atoms with Gasteiger partial charge in [0.2, 0.25) is 5.96 Å². The van der Waals surface area contributed by atoms with E-state index in [1.807, 2.05) is 30.3 Å². The second-order valence-corrected chi connectivity index (χ2v) is 6.30. The topological polar surface area (TPSA) is 44.7 Å². The van der Waals surface area contributed by atoms with Crippen molar-refractivity contribution in [3.05, 3.63) is 65.2 Å². The van der Waals surface area contributed by atoms with Crippen LogP contribution in [0.5, 0.6) is 0 Å². The highest BCUT2D eigenvalue weighted by Crippen LogP contribution is 2.28. The smallest absolute Gasteiger partial charge is 0.260 e. The van der Waals surface area contributed by atoms with E-state index in [0.29, 0.717) is 24.6 Å². The van der Waals surface area contributed by atoms with Crippen molar-refractivity contribution in [2.75, 3.05) is 18.4 Å². The molecule has 4 rings (SSSR count). The van der Waals surface area contributed by atoms with E-state index in [4.69, 9.17) is 0 Å². The highest BCUT2D eigenvalue weighted by atomic mass is 16.2. The summed E-state index contributed by atoms with van der Waals surface area (Å²) in [5.41, 5.74) is 4.60. The summed E-state index contributed by atoms with van der Waals surface area (Å²) < 4.78 is 0. The molecular formula is C20H21N3O. The van der Waals surface area contributed by atoms with Gasteiger partial charge < -0.3 is 5.32 Å². The average Bonchev–Trinajstić information content (AvgIpc) is 3.10. The van der Waals surface area contributed by atoms with E-state index in [9.17, 15) is 4.79 Å². The number of carbonyl (C=O) groups excluding carboxylic acids is 1. The molecule has 0 fully saturated rings. The van der Waals surface area contributed by atoms with Gasteiger partial charge in [-0.1, -0.05) is 30.3 Å². The monoisotopic (exact) mass is 319 g/mol. The maximum Gasteiger partial charge on any atom is 0.260 e. The van der Waals surface area contributed by atoms with E-state index in [2.05, 4.69) is 28.5 Å².